The van der Waals surface area contributed by atoms with Crippen LogP contribution >= 0.6 is 35.0 Å². The number of hydrogen-bond acceptors (Lipinski definition) is 5. The highest BCUT2D eigenvalue weighted by Gasteiger charge is 2.27. The topological polar surface area (TPSA) is 94.2 Å². The molecule has 0 atom stereocenters. The Morgan fingerprint density at radius 1 is 0.976 bits per heavy atom. The van der Waals surface area contributed by atoms with Gasteiger partial charge in [0.05, 0.1) is 22.6 Å². The Balaban J connectivity index is 1.52. The summed E-state index contributed by atoms with van der Waals surface area (Å²) >= 11 is 13.5. The fourth-order valence-electron chi connectivity index (χ4n) is 4.24. The van der Waals surface area contributed by atoms with Gasteiger partial charge in [0.25, 0.3) is 11.7 Å². The molecule has 3 N–H and O–H groups in total. The fourth-order valence-corrected chi connectivity index (χ4v) is 5.25. The van der Waals surface area contributed by atoms with Gasteiger partial charge in [0.2, 0.25) is 0 Å². The molecule has 0 radical (unpaired) electrons. The number of amides is 1. The van der Waals surface area contributed by atoms with Crippen molar-refractivity contribution in [2.24, 2.45) is 5.10 Å². The largest absolute Gasteiger partial charge is 0.507 e. The minimum atomic E-state index is -0.282. The zero-order chi connectivity index (χ0) is 29.9. The minimum absolute atomic E-state index is 0.0892. The van der Waals surface area contributed by atoms with E-state index in [4.69, 9.17) is 23.2 Å². The van der Waals surface area contributed by atoms with Crippen LogP contribution in [0, 0.1) is 0 Å². The second kappa shape index (κ2) is 12.3. The maximum atomic E-state index is 12.8. The highest BCUT2D eigenvalue weighted by molar-refractivity contribution is 7.99. The number of phenols is 1. The number of rotatable bonds is 7. The number of benzene rings is 3. The van der Waals surface area contributed by atoms with Crippen molar-refractivity contribution in [3.63, 3.8) is 0 Å². The minimum Gasteiger partial charge on any atom is -0.507 e. The van der Waals surface area contributed by atoms with Gasteiger partial charge in [-0.25, -0.2) is 5.43 Å². The Bertz CT molecular complexity index is 1530. The Kier molecular flexibility index (Phi) is 9.16. The van der Waals surface area contributed by atoms with Crippen molar-refractivity contribution in [3.05, 3.63) is 87.4 Å². The predicted octanol–water partition coefficient (Wildman–Crippen LogP) is 7.20. The molecule has 0 fully saturated rings. The highest BCUT2D eigenvalue weighted by atomic mass is 35.5. The number of hydrogen-bond donors (Lipinski definition) is 3. The van der Waals surface area contributed by atoms with E-state index in [-0.39, 0.29) is 22.5 Å². The van der Waals surface area contributed by atoms with Crippen LogP contribution in [-0.4, -0.2) is 33.2 Å². The summed E-state index contributed by atoms with van der Waals surface area (Å²) in [5.41, 5.74) is 6.27. The van der Waals surface area contributed by atoms with Crippen molar-refractivity contribution in [2.45, 2.75) is 57.5 Å². The van der Waals surface area contributed by atoms with Gasteiger partial charge in [0, 0.05) is 21.2 Å². The number of thioether (sulfide) groups is 1. The van der Waals surface area contributed by atoms with Gasteiger partial charge >= 0.3 is 5.16 Å². The summed E-state index contributed by atoms with van der Waals surface area (Å²) in [7, 11) is 0. The average molecular weight is 612 g/mol. The lowest BCUT2D eigenvalue weighted by Crippen LogP contribution is -2.34. The number of aromatic hydroxyl groups is 1. The van der Waals surface area contributed by atoms with Gasteiger partial charge in [0.1, 0.15) is 11.4 Å². The predicted molar refractivity (Wildman–Crippen MR) is 168 cm³/mol. The van der Waals surface area contributed by atoms with E-state index in [1.54, 1.807) is 18.3 Å². The number of nitrogens with zero attached hydrogens (tertiary/aromatic N) is 3. The van der Waals surface area contributed by atoms with Crippen molar-refractivity contribution in [3.8, 4) is 22.8 Å². The third kappa shape index (κ3) is 7.50. The molecule has 7 nitrogen and oxygen atoms in total. The SMILES string of the molecule is CC(C)(C)c1cc(C=NNC(=O)CSc2n[nH]c(-c3ccc(Cl)cc3)[n+]2-c2ccc(Cl)cc2)cc(C(C)(C)C)c1O. The summed E-state index contributed by atoms with van der Waals surface area (Å²) in [4.78, 5) is 12.8. The second-order valence-electron chi connectivity index (χ2n) is 11.7. The molecular formula is C31H34Cl2N5O2S+. The van der Waals surface area contributed by atoms with Crippen LogP contribution in [0.2, 0.25) is 10.0 Å². The molecule has 1 heterocycles. The number of carbonyl (C=O) groups excluding carboxylic acids is 1. The van der Waals surface area contributed by atoms with Crippen LogP contribution in [0.3, 0.4) is 0 Å². The molecule has 0 aliphatic heterocycles. The molecule has 214 valence electrons. The Morgan fingerprint density at radius 3 is 2.05 bits per heavy atom. The Hall–Kier alpha value is -3.33. The molecule has 0 unspecified atom stereocenters. The van der Waals surface area contributed by atoms with Crippen LogP contribution in [0.25, 0.3) is 17.1 Å². The lowest BCUT2D eigenvalue weighted by molar-refractivity contribution is -0.625. The van der Waals surface area contributed by atoms with Gasteiger partial charge in [-0.05, 0) is 88.8 Å². The molecule has 10 heteroatoms. The standard InChI is InChI=1S/C31H33Cl2N5O2S/c1-30(2,3)24-15-19(16-25(27(24)40)31(4,5)6)17-34-35-26(39)18-41-29-37-36-28(20-7-9-21(32)10-8-20)38(29)23-13-11-22(33)12-14-23/h7-17H,18H2,1-6H3,(H2,34,35,39,40)/p+1. The number of aromatic nitrogens is 3. The number of nitrogens with one attached hydrogen (secondary N) is 2. The van der Waals surface area contributed by atoms with Crippen LogP contribution in [-0.2, 0) is 15.6 Å². The van der Waals surface area contributed by atoms with Crippen LogP contribution in [0.4, 0.5) is 0 Å². The normalized spacial score (nSPS) is 12.2. The van der Waals surface area contributed by atoms with Crippen LogP contribution in [0.5, 0.6) is 5.75 Å². The first-order chi connectivity index (χ1) is 19.2. The van der Waals surface area contributed by atoms with E-state index < -0.39 is 0 Å². The van der Waals surface area contributed by atoms with E-state index in [0.29, 0.717) is 21.0 Å². The summed E-state index contributed by atoms with van der Waals surface area (Å²) in [6.07, 6.45) is 1.60. The monoisotopic (exact) mass is 610 g/mol. The zero-order valence-electron chi connectivity index (χ0n) is 23.9. The van der Waals surface area contributed by atoms with E-state index in [1.165, 1.54) is 11.8 Å². The fraction of sp³-hybridized carbons (Fsp3) is 0.290. The number of halogens is 2. The van der Waals surface area contributed by atoms with E-state index in [2.05, 4.69) is 62.3 Å². The molecule has 3 aromatic carbocycles. The molecular weight excluding hydrogens is 577 g/mol. The van der Waals surface area contributed by atoms with Gasteiger partial charge in [0.15, 0.2) is 0 Å². The first kappa shape index (κ1) is 30.6. The van der Waals surface area contributed by atoms with Crippen LogP contribution in [0.15, 0.2) is 70.9 Å². The smallest absolute Gasteiger partial charge is 0.342 e. The number of H-pyrrole nitrogens is 1. The summed E-state index contributed by atoms with van der Waals surface area (Å²) in [6.45, 7) is 12.3. The summed E-state index contributed by atoms with van der Waals surface area (Å²) in [5, 5.41) is 24.6. The van der Waals surface area contributed by atoms with Gasteiger partial charge in [-0.1, -0.05) is 64.7 Å². The van der Waals surface area contributed by atoms with Crippen LogP contribution in [0.1, 0.15) is 58.2 Å². The van der Waals surface area contributed by atoms with Crippen molar-refractivity contribution in [1.29, 1.82) is 0 Å². The average Bonchev–Trinajstić information content (AvgIpc) is 3.31. The Labute approximate surface area is 255 Å². The lowest BCUT2D eigenvalue weighted by Gasteiger charge is -2.27. The Morgan fingerprint density at radius 2 is 1.51 bits per heavy atom. The highest BCUT2D eigenvalue weighted by Crippen LogP contribution is 2.39. The van der Waals surface area contributed by atoms with Crippen molar-refractivity contribution in [1.82, 2.24) is 15.6 Å². The number of carbonyl (C=O) groups is 1. The molecule has 0 bridgehead atoms. The molecule has 0 aliphatic rings. The molecule has 4 rings (SSSR count). The summed E-state index contributed by atoms with van der Waals surface area (Å²) < 4.78 is 1.93. The molecule has 41 heavy (non-hydrogen) atoms. The van der Waals surface area contributed by atoms with Crippen molar-refractivity contribution >= 4 is 47.1 Å². The summed E-state index contributed by atoms with van der Waals surface area (Å²) in [5.74, 6) is 0.845. The van der Waals surface area contributed by atoms with E-state index in [9.17, 15) is 9.90 Å². The maximum absolute atomic E-state index is 12.8. The quantitative estimate of drug-likeness (QED) is 0.0892. The number of aromatic amines is 1. The van der Waals surface area contributed by atoms with Gasteiger partial charge in [-0.15, -0.1) is 5.10 Å². The first-order valence-electron chi connectivity index (χ1n) is 13.1. The molecule has 0 spiro atoms. The second-order valence-corrected chi connectivity index (χ2v) is 13.5. The van der Waals surface area contributed by atoms with Gasteiger partial charge < -0.3 is 5.11 Å². The zero-order valence-corrected chi connectivity index (χ0v) is 26.2. The molecule has 1 aromatic heterocycles. The number of phenolic OH excluding ortho intramolecular Hbond substituents is 1. The number of hydrazone groups is 1. The third-order valence-electron chi connectivity index (χ3n) is 6.36. The molecule has 0 saturated heterocycles. The van der Waals surface area contributed by atoms with Crippen molar-refractivity contribution < 1.29 is 14.5 Å². The van der Waals surface area contributed by atoms with Gasteiger partial charge in [-0.3, -0.25) is 4.79 Å². The van der Waals surface area contributed by atoms with E-state index >= 15 is 0 Å². The lowest BCUT2D eigenvalue weighted by atomic mass is 9.78. The maximum Gasteiger partial charge on any atom is 0.342 e. The summed E-state index contributed by atoms with van der Waals surface area (Å²) in [6, 6.07) is 18.6. The van der Waals surface area contributed by atoms with E-state index in [1.807, 2.05) is 53.1 Å². The first-order valence-corrected chi connectivity index (χ1v) is 14.8. The van der Waals surface area contributed by atoms with E-state index in [0.717, 1.165) is 33.8 Å². The molecule has 4 aromatic rings. The van der Waals surface area contributed by atoms with Crippen molar-refractivity contribution in [2.75, 3.05) is 5.75 Å². The molecule has 0 saturated carbocycles. The third-order valence-corrected chi connectivity index (χ3v) is 7.80. The molecule has 1 amide bonds. The van der Waals surface area contributed by atoms with Crippen LogP contribution < -0.4 is 9.99 Å². The molecule has 0 aliphatic carbocycles. The van der Waals surface area contributed by atoms with Gasteiger partial charge in [-0.2, -0.15) is 9.67 Å².